The van der Waals surface area contributed by atoms with Gasteiger partial charge in [0.2, 0.25) is 5.91 Å². The molecule has 0 atom stereocenters. The monoisotopic (exact) mass is 416 g/mol. The third kappa shape index (κ3) is 5.45. The van der Waals surface area contributed by atoms with Crippen LogP contribution in [0.1, 0.15) is 5.69 Å². The number of para-hydroxylation sites is 2. The van der Waals surface area contributed by atoms with Crippen LogP contribution in [0.2, 0.25) is 5.02 Å². The van der Waals surface area contributed by atoms with Crippen LogP contribution in [0, 0.1) is 0 Å². The number of halogens is 1. The number of aromatic nitrogens is 1. The average Bonchev–Trinajstić information content (AvgIpc) is 3.08. The lowest BCUT2D eigenvalue weighted by Crippen LogP contribution is -2.20. The van der Waals surface area contributed by atoms with Crippen LogP contribution in [0.25, 0.3) is 0 Å². The van der Waals surface area contributed by atoms with E-state index in [1.54, 1.807) is 47.8 Å². The summed E-state index contributed by atoms with van der Waals surface area (Å²) in [5.74, 6) is 0.327. The molecule has 3 amide bonds. The Labute approximate surface area is 170 Å². The highest BCUT2D eigenvalue weighted by Gasteiger charge is 2.12. The van der Waals surface area contributed by atoms with Crippen LogP contribution in [0.3, 0.4) is 0 Å². The van der Waals surface area contributed by atoms with Crippen LogP contribution in [-0.2, 0) is 11.2 Å². The summed E-state index contributed by atoms with van der Waals surface area (Å²) in [7, 11) is 1.53. The summed E-state index contributed by atoms with van der Waals surface area (Å²) >= 11 is 7.14. The van der Waals surface area contributed by atoms with Gasteiger partial charge in [0.05, 0.1) is 24.9 Å². The van der Waals surface area contributed by atoms with E-state index in [1.165, 1.54) is 18.4 Å². The molecule has 28 heavy (non-hydrogen) atoms. The Morgan fingerprint density at radius 3 is 2.71 bits per heavy atom. The molecule has 3 rings (SSSR count). The van der Waals surface area contributed by atoms with Crippen molar-refractivity contribution in [2.24, 2.45) is 0 Å². The maximum atomic E-state index is 12.2. The molecular formula is C19H17ClN4O3S. The lowest BCUT2D eigenvalue weighted by Gasteiger charge is -2.09. The molecule has 0 saturated heterocycles. The van der Waals surface area contributed by atoms with Gasteiger partial charge < -0.3 is 15.4 Å². The molecule has 0 aliphatic carbocycles. The van der Waals surface area contributed by atoms with Gasteiger partial charge in [0.15, 0.2) is 5.13 Å². The number of urea groups is 1. The molecular weight excluding hydrogens is 400 g/mol. The van der Waals surface area contributed by atoms with Crippen molar-refractivity contribution in [3.63, 3.8) is 0 Å². The number of nitrogens with one attached hydrogen (secondary N) is 3. The number of amides is 3. The van der Waals surface area contributed by atoms with Gasteiger partial charge in [-0.2, -0.15) is 0 Å². The van der Waals surface area contributed by atoms with E-state index in [-0.39, 0.29) is 12.3 Å². The summed E-state index contributed by atoms with van der Waals surface area (Å²) in [5.41, 5.74) is 1.71. The fraction of sp³-hybridized carbons (Fsp3) is 0.105. The second-order valence-corrected chi connectivity index (χ2v) is 6.95. The summed E-state index contributed by atoms with van der Waals surface area (Å²) in [5, 5.41) is 10.7. The number of rotatable bonds is 6. The van der Waals surface area contributed by atoms with Crippen LogP contribution in [0.4, 0.5) is 21.3 Å². The first-order chi connectivity index (χ1) is 13.5. The molecule has 0 aliphatic rings. The van der Waals surface area contributed by atoms with E-state index in [1.807, 2.05) is 6.07 Å². The minimum atomic E-state index is -0.450. The van der Waals surface area contributed by atoms with Crippen molar-refractivity contribution in [1.82, 2.24) is 4.98 Å². The van der Waals surface area contributed by atoms with Crippen molar-refractivity contribution in [1.29, 1.82) is 0 Å². The zero-order chi connectivity index (χ0) is 19.9. The molecule has 0 unspecified atom stereocenters. The van der Waals surface area contributed by atoms with Crippen LogP contribution in [0.5, 0.6) is 5.75 Å². The molecule has 3 N–H and O–H groups in total. The molecule has 144 valence electrons. The van der Waals surface area contributed by atoms with Crippen molar-refractivity contribution in [3.05, 3.63) is 64.6 Å². The Bertz CT molecular complexity index is 993. The zero-order valence-electron chi connectivity index (χ0n) is 14.9. The van der Waals surface area contributed by atoms with Gasteiger partial charge in [-0.1, -0.05) is 29.8 Å². The first-order valence-electron chi connectivity index (χ1n) is 8.24. The number of benzene rings is 2. The predicted molar refractivity (Wildman–Crippen MR) is 112 cm³/mol. The lowest BCUT2D eigenvalue weighted by atomic mass is 10.3. The van der Waals surface area contributed by atoms with Gasteiger partial charge in [-0.15, -0.1) is 11.3 Å². The van der Waals surface area contributed by atoms with Gasteiger partial charge in [0, 0.05) is 16.1 Å². The quantitative estimate of drug-likeness (QED) is 0.546. The number of hydrogen-bond donors (Lipinski definition) is 3. The molecule has 9 heteroatoms. The summed E-state index contributed by atoms with van der Waals surface area (Å²) in [6.07, 6.45) is 0.0822. The molecule has 1 heterocycles. The van der Waals surface area contributed by atoms with E-state index in [9.17, 15) is 9.59 Å². The summed E-state index contributed by atoms with van der Waals surface area (Å²) < 4.78 is 5.19. The van der Waals surface area contributed by atoms with Crippen LogP contribution in [-0.4, -0.2) is 24.0 Å². The van der Waals surface area contributed by atoms with Gasteiger partial charge in [0.1, 0.15) is 5.75 Å². The Balaban J connectivity index is 1.55. The van der Waals surface area contributed by atoms with Gasteiger partial charge in [-0.05, 0) is 30.3 Å². The largest absolute Gasteiger partial charge is 0.495 e. The standard InChI is InChI=1S/C19H17ClN4O3S/c1-27-16-8-3-2-7-15(16)23-18(26)24-19-22-14(11-28-19)10-17(25)21-13-6-4-5-12(20)9-13/h2-9,11H,10H2,1H3,(H,21,25)(H2,22,23,24,26). The molecule has 3 aromatic rings. The van der Waals surface area contributed by atoms with Gasteiger partial charge in [0.25, 0.3) is 0 Å². The number of carbonyl (C=O) groups excluding carboxylic acids is 2. The Morgan fingerprint density at radius 2 is 1.93 bits per heavy atom. The molecule has 0 radical (unpaired) electrons. The third-order valence-corrected chi connectivity index (χ3v) is 4.62. The molecule has 0 fully saturated rings. The van der Waals surface area contributed by atoms with Crippen molar-refractivity contribution < 1.29 is 14.3 Å². The number of thiazole rings is 1. The van der Waals surface area contributed by atoms with E-state index in [4.69, 9.17) is 16.3 Å². The van der Waals surface area contributed by atoms with Crippen LogP contribution in [0.15, 0.2) is 53.9 Å². The Kier molecular flexibility index (Phi) is 6.46. The smallest absolute Gasteiger partial charge is 0.325 e. The van der Waals surface area contributed by atoms with Gasteiger partial charge in [-0.25, -0.2) is 9.78 Å². The van der Waals surface area contributed by atoms with Crippen LogP contribution < -0.4 is 20.7 Å². The molecule has 0 spiro atoms. The maximum absolute atomic E-state index is 12.2. The molecule has 2 aromatic carbocycles. The maximum Gasteiger partial charge on any atom is 0.325 e. The van der Waals surface area contributed by atoms with Gasteiger partial charge >= 0.3 is 6.03 Å². The molecule has 0 aliphatic heterocycles. The highest BCUT2D eigenvalue weighted by Crippen LogP contribution is 2.24. The highest BCUT2D eigenvalue weighted by molar-refractivity contribution is 7.14. The predicted octanol–water partition coefficient (Wildman–Crippen LogP) is 4.63. The van der Waals surface area contributed by atoms with E-state index in [0.29, 0.717) is 33.0 Å². The third-order valence-electron chi connectivity index (χ3n) is 3.58. The van der Waals surface area contributed by atoms with E-state index >= 15 is 0 Å². The zero-order valence-corrected chi connectivity index (χ0v) is 16.4. The molecule has 0 bridgehead atoms. The van der Waals surface area contributed by atoms with E-state index in [2.05, 4.69) is 20.9 Å². The first kappa shape index (κ1) is 19.7. The van der Waals surface area contributed by atoms with Crippen molar-refractivity contribution >= 4 is 51.4 Å². The Morgan fingerprint density at radius 1 is 1.11 bits per heavy atom. The number of carbonyl (C=O) groups is 2. The number of ether oxygens (including phenoxy) is 1. The summed E-state index contributed by atoms with van der Waals surface area (Å²) in [6, 6.07) is 13.5. The number of hydrogen-bond acceptors (Lipinski definition) is 5. The summed E-state index contributed by atoms with van der Waals surface area (Å²) in [4.78, 5) is 28.5. The Hall–Kier alpha value is -3.10. The lowest BCUT2D eigenvalue weighted by molar-refractivity contribution is -0.115. The topological polar surface area (TPSA) is 92.3 Å². The van der Waals surface area contributed by atoms with Crippen LogP contribution >= 0.6 is 22.9 Å². The molecule has 7 nitrogen and oxygen atoms in total. The molecule has 0 saturated carbocycles. The molecule has 1 aromatic heterocycles. The number of anilines is 3. The van der Waals surface area contributed by atoms with E-state index < -0.39 is 6.03 Å². The SMILES string of the molecule is COc1ccccc1NC(=O)Nc1nc(CC(=O)Nc2cccc(Cl)c2)cs1. The first-order valence-corrected chi connectivity index (χ1v) is 9.50. The van der Waals surface area contributed by atoms with Crippen molar-refractivity contribution in [2.75, 3.05) is 23.1 Å². The second kappa shape index (κ2) is 9.20. The van der Waals surface area contributed by atoms with Crippen molar-refractivity contribution in [2.45, 2.75) is 6.42 Å². The fourth-order valence-electron chi connectivity index (χ4n) is 2.38. The highest BCUT2D eigenvalue weighted by atomic mass is 35.5. The second-order valence-electron chi connectivity index (χ2n) is 5.66. The number of methoxy groups -OCH3 is 1. The van der Waals surface area contributed by atoms with E-state index in [0.717, 1.165) is 0 Å². The van der Waals surface area contributed by atoms with Crippen molar-refractivity contribution in [3.8, 4) is 5.75 Å². The summed E-state index contributed by atoms with van der Waals surface area (Å²) in [6.45, 7) is 0. The normalized spacial score (nSPS) is 10.2. The average molecular weight is 417 g/mol. The fourth-order valence-corrected chi connectivity index (χ4v) is 3.28. The number of nitrogens with zero attached hydrogens (tertiary/aromatic N) is 1. The minimum absolute atomic E-state index is 0.0822. The minimum Gasteiger partial charge on any atom is -0.495 e. The van der Waals surface area contributed by atoms with Gasteiger partial charge in [-0.3, -0.25) is 10.1 Å².